The SMILES string of the molecule is CC(Nc1cc(C(F)(F)F)cc(-c2ccc(S(C)(=O)=O)cc2)n1)C1CSC=N1. The number of aliphatic imine (C=N–C) groups is 1. The number of anilines is 1. The van der Waals surface area contributed by atoms with E-state index in [-0.39, 0.29) is 28.5 Å². The summed E-state index contributed by atoms with van der Waals surface area (Å²) in [6.45, 7) is 1.84. The highest BCUT2D eigenvalue weighted by Crippen LogP contribution is 2.34. The van der Waals surface area contributed by atoms with Gasteiger partial charge in [0.1, 0.15) is 5.82 Å². The summed E-state index contributed by atoms with van der Waals surface area (Å²) in [6, 6.07) is 7.29. The van der Waals surface area contributed by atoms with Crippen LogP contribution in [0.2, 0.25) is 0 Å². The van der Waals surface area contributed by atoms with Crippen molar-refractivity contribution in [1.82, 2.24) is 4.98 Å². The number of alkyl halides is 3. The Balaban J connectivity index is 1.97. The number of nitrogens with one attached hydrogen (secondary N) is 1. The van der Waals surface area contributed by atoms with Gasteiger partial charge in [-0.2, -0.15) is 13.2 Å². The zero-order valence-electron chi connectivity index (χ0n) is 15.1. The van der Waals surface area contributed by atoms with Crippen LogP contribution in [-0.4, -0.2) is 43.0 Å². The van der Waals surface area contributed by atoms with Gasteiger partial charge in [-0.15, -0.1) is 11.8 Å². The zero-order chi connectivity index (χ0) is 20.5. The molecule has 0 aliphatic carbocycles. The van der Waals surface area contributed by atoms with Crippen molar-refractivity contribution in [2.24, 2.45) is 4.99 Å². The molecular weight excluding hydrogens is 411 g/mol. The van der Waals surface area contributed by atoms with Crippen LogP contribution in [0.5, 0.6) is 0 Å². The average molecular weight is 429 g/mol. The summed E-state index contributed by atoms with van der Waals surface area (Å²) >= 11 is 1.55. The molecular formula is C18H18F3N3O2S2. The summed E-state index contributed by atoms with van der Waals surface area (Å²) in [4.78, 5) is 8.68. The lowest BCUT2D eigenvalue weighted by atomic mass is 10.1. The fourth-order valence-corrected chi connectivity index (χ4v) is 4.23. The molecule has 1 aliphatic heterocycles. The first-order valence-corrected chi connectivity index (χ1v) is 11.3. The second kappa shape index (κ2) is 7.75. The number of benzene rings is 1. The fraction of sp³-hybridized carbons (Fsp3) is 0.333. The van der Waals surface area contributed by atoms with Crippen molar-refractivity contribution >= 4 is 33.0 Å². The van der Waals surface area contributed by atoms with E-state index in [1.54, 1.807) is 17.3 Å². The van der Waals surface area contributed by atoms with Gasteiger partial charge in [0.25, 0.3) is 0 Å². The molecule has 5 nitrogen and oxygen atoms in total. The van der Waals surface area contributed by atoms with E-state index >= 15 is 0 Å². The van der Waals surface area contributed by atoms with Gasteiger partial charge < -0.3 is 5.32 Å². The maximum Gasteiger partial charge on any atom is 0.416 e. The minimum Gasteiger partial charge on any atom is -0.365 e. The Kier molecular flexibility index (Phi) is 5.72. The standard InChI is InChI=1S/C18H18F3N3O2S2/c1-11(16-9-27-10-22-16)23-17-8-13(18(19,20)21)7-15(24-17)12-3-5-14(6-4-12)28(2,25)26/h3-8,10-11,16H,9H2,1-2H3,(H,23,24). The molecule has 0 saturated heterocycles. The molecule has 0 radical (unpaired) electrons. The third kappa shape index (κ3) is 4.85. The number of nitrogens with zero attached hydrogens (tertiary/aromatic N) is 2. The van der Waals surface area contributed by atoms with Gasteiger partial charge in [-0.25, -0.2) is 13.4 Å². The molecule has 0 saturated carbocycles. The van der Waals surface area contributed by atoms with E-state index in [0.29, 0.717) is 5.56 Å². The van der Waals surface area contributed by atoms with Crippen molar-refractivity contribution < 1.29 is 21.6 Å². The number of pyridine rings is 1. The van der Waals surface area contributed by atoms with Crippen LogP contribution in [0.3, 0.4) is 0 Å². The summed E-state index contributed by atoms with van der Waals surface area (Å²) in [6.07, 6.45) is -3.47. The van der Waals surface area contributed by atoms with E-state index in [1.165, 1.54) is 24.3 Å². The summed E-state index contributed by atoms with van der Waals surface area (Å²) in [5.41, 5.74) is 1.40. The van der Waals surface area contributed by atoms with Crippen LogP contribution < -0.4 is 5.32 Å². The van der Waals surface area contributed by atoms with Gasteiger partial charge >= 0.3 is 6.18 Å². The molecule has 3 rings (SSSR count). The molecule has 2 heterocycles. The smallest absolute Gasteiger partial charge is 0.365 e. The molecule has 1 aliphatic rings. The molecule has 1 aromatic heterocycles. The summed E-state index contributed by atoms with van der Waals surface area (Å²) in [5.74, 6) is 0.851. The first-order valence-electron chi connectivity index (χ1n) is 8.33. The van der Waals surface area contributed by atoms with Crippen molar-refractivity contribution in [1.29, 1.82) is 0 Å². The minimum absolute atomic E-state index is 0.0427. The lowest BCUT2D eigenvalue weighted by molar-refractivity contribution is -0.137. The van der Waals surface area contributed by atoms with Crippen LogP contribution in [0, 0.1) is 0 Å². The van der Waals surface area contributed by atoms with Crippen LogP contribution in [0.25, 0.3) is 11.3 Å². The normalized spacial score (nSPS) is 18.2. The lowest BCUT2D eigenvalue weighted by Gasteiger charge is -2.20. The topological polar surface area (TPSA) is 71.4 Å². The van der Waals surface area contributed by atoms with Crippen molar-refractivity contribution in [2.75, 3.05) is 17.3 Å². The van der Waals surface area contributed by atoms with Crippen LogP contribution in [0.1, 0.15) is 12.5 Å². The Labute approximate surface area is 165 Å². The number of sulfone groups is 1. The monoisotopic (exact) mass is 429 g/mol. The molecule has 2 unspecified atom stereocenters. The molecule has 1 N–H and O–H groups in total. The van der Waals surface area contributed by atoms with E-state index in [4.69, 9.17) is 0 Å². The average Bonchev–Trinajstić information content (AvgIpc) is 3.15. The second-order valence-corrected chi connectivity index (χ2v) is 9.40. The molecule has 0 spiro atoms. The third-order valence-corrected chi connectivity index (χ3v) is 6.21. The number of rotatable bonds is 5. The second-order valence-electron chi connectivity index (χ2n) is 6.51. The number of thioether (sulfide) groups is 1. The third-order valence-electron chi connectivity index (χ3n) is 4.28. The van der Waals surface area contributed by atoms with Crippen LogP contribution in [-0.2, 0) is 16.0 Å². The van der Waals surface area contributed by atoms with Crippen molar-refractivity contribution in [3.63, 3.8) is 0 Å². The van der Waals surface area contributed by atoms with E-state index in [2.05, 4.69) is 15.3 Å². The Morgan fingerprint density at radius 3 is 2.43 bits per heavy atom. The largest absolute Gasteiger partial charge is 0.416 e. The molecule has 28 heavy (non-hydrogen) atoms. The molecule has 150 valence electrons. The molecule has 2 atom stereocenters. The van der Waals surface area contributed by atoms with Gasteiger partial charge in [0.15, 0.2) is 9.84 Å². The van der Waals surface area contributed by atoms with Crippen molar-refractivity contribution in [3.05, 3.63) is 42.0 Å². The lowest BCUT2D eigenvalue weighted by Crippen LogP contribution is -2.30. The minimum atomic E-state index is -4.54. The van der Waals surface area contributed by atoms with Crippen LogP contribution in [0.4, 0.5) is 19.0 Å². The van der Waals surface area contributed by atoms with Gasteiger partial charge in [-0.3, -0.25) is 4.99 Å². The molecule has 0 bridgehead atoms. The first kappa shape index (κ1) is 20.7. The highest BCUT2D eigenvalue weighted by atomic mass is 32.2. The Morgan fingerprint density at radius 2 is 1.89 bits per heavy atom. The van der Waals surface area contributed by atoms with Crippen LogP contribution >= 0.6 is 11.8 Å². The Bertz CT molecular complexity index is 990. The highest BCUT2D eigenvalue weighted by Gasteiger charge is 2.32. The summed E-state index contributed by atoms with van der Waals surface area (Å²) in [5, 5.41) is 3.01. The predicted octanol–water partition coefficient (Wildman–Crippen LogP) is 4.12. The van der Waals surface area contributed by atoms with Crippen molar-refractivity contribution in [2.45, 2.75) is 30.1 Å². The van der Waals surface area contributed by atoms with Crippen LogP contribution in [0.15, 0.2) is 46.3 Å². The number of hydrogen-bond acceptors (Lipinski definition) is 6. The fourth-order valence-electron chi connectivity index (χ4n) is 2.70. The number of halogens is 3. The first-order chi connectivity index (χ1) is 13.0. The molecule has 1 aromatic carbocycles. The Hall–Kier alpha value is -2.07. The van der Waals surface area contributed by atoms with E-state index in [9.17, 15) is 21.6 Å². The van der Waals surface area contributed by atoms with Gasteiger partial charge in [0.2, 0.25) is 0 Å². The van der Waals surface area contributed by atoms with Gasteiger partial charge in [-0.05, 0) is 31.2 Å². The van der Waals surface area contributed by atoms with Gasteiger partial charge in [0, 0.05) is 23.6 Å². The van der Waals surface area contributed by atoms with E-state index in [0.717, 1.165) is 24.1 Å². The molecule has 0 amide bonds. The highest BCUT2D eigenvalue weighted by molar-refractivity contribution is 8.12. The predicted molar refractivity (Wildman–Crippen MR) is 106 cm³/mol. The zero-order valence-corrected chi connectivity index (χ0v) is 16.7. The van der Waals surface area contributed by atoms with E-state index < -0.39 is 21.6 Å². The van der Waals surface area contributed by atoms with Gasteiger partial charge in [-0.1, -0.05) is 12.1 Å². The quantitative estimate of drug-likeness (QED) is 0.774. The molecule has 0 fully saturated rings. The maximum absolute atomic E-state index is 13.4. The Morgan fingerprint density at radius 1 is 1.21 bits per heavy atom. The molecule has 2 aromatic rings. The van der Waals surface area contributed by atoms with E-state index in [1.807, 2.05) is 6.92 Å². The molecule has 10 heteroatoms. The summed E-state index contributed by atoms with van der Waals surface area (Å²) < 4.78 is 63.2. The maximum atomic E-state index is 13.4. The van der Waals surface area contributed by atoms with Gasteiger partial charge in [0.05, 0.1) is 27.7 Å². The number of hydrogen-bond donors (Lipinski definition) is 1. The number of aromatic nitrogens is 1. The van der Waals surface area contributed by atoms with Crippen molar-refractivity contribution in [3.8, 4) is 11.3 Å². The summed E-state index contributed by atoms with van der Waals surface area (Å²) in [7, 11) is -3.39.